The summed E-state index contributed by atoms with van der Waals surface area (Å²) in [5.41, 5.74) is 0.366. The number of benzene rings is 2. The number of halogens is 2. The lowest BCUT2D eigenvalue weighted by molar-refractivity contribution is -0.118. The standard InChI is InChI=1S/C16H13ClFNO4/c1-22-14-7-10(8-20)6-11(17)16(14)23-9-15(21)19-13-5-3-2-4-12(13)18/h2-8H,9H2,1H3,(H,19,21). The number of hydrogen-bond donors (Lipinski definition) is 1. The van der Waals surface area contributed by atoms with Crippen LogP contribution in [0, 0.1) is 5.82 Å². The van der Waals surface area contributed by atoms with Gasteiger partial charge in [-0.1, -0.05) is 23.7 Å². The third-order valence-corrected chi connectivity index (χ3v) is 3.16. The number of ether oxygens (including phenoxy) is 2. The maximum atomic E-state index is 13.4. The molecule has 0 aliphatic carbocycles. The summed E-state index contributed by atoms with van der Waals surface area (Å²) >= 11 is 6.01. The number of rotatable bonds is 6. The first kappa shape index (κ1) is 16.8. The molecule has 0 unspecified atom stereocenters. The molecule has 2 aromatic carbocycles. The minimum atomic E-state index is -0.562. The second-order valence-electron chi connectivity index (χ2n) is 4.47. The minimum Gasteiger partial charge on any atom is -0.493 e. The number of carbonyl (C=O) groups excluding carboxylic acids is 2. The van der Waals surface area contributed by atoms with Gasteiger partial charge in [-0.3, -0.25) is 9.59 Å². The molecule has 0 saturated carbocycles. The molecule has 1 amide bonds. The highest BCUT2D eigenvalue weighted by atomic mass is 35.5. The summed E-state index contributed by atoms with van der Waals surface area (Å²) in [6.07, 6.45) is 0.614. The van der Waals surface area contributed by atoms with Crippen molar-refractivity contribution in [1.82, 2.24) is 0 Å². The van der Waals surface area contributed by atoms with Crippen molar-refractivity contribution >= 4 is 29.5 Å². The van der Waals surface area contributed by atoms with Gasteiger partial charge in [-0.2, -0.15) is 0 Å². The summed E-state index contributed by atoms with van der Waals surface area (Å²) in [6, 6.07) is 8.59. The van der Waals surface area contributed by atoms with Crippen LogP contribution in [0.3, 0.4) is 0 Å². The summed E-state index contributed by atoms with van der Waals surface area (Å²) in [5, 5.41) is 2.51. The molecular weight excluding hydrogens is 325 g/mol. The van der Waals surface area contributed by atoms with Crippen molar-refractivity contribution in [3.8, 4) is 11.5 Å². The lowest BCUT2D eigenvalue weighted by Crippen LogP contribution is -2.21. The molecule has 0 radical (unpaired) electrons. The zero-order valence-electron chi connectivity index (χ0n) is 12.1. The van der Waals surface area contributed by atoms with Crippen LogP contribution in [0.2, 0.25) is 5.02 Å². The Hall–Kier alpha value is -2.60. The lowest BCUT2D eigenvalue weighted by Gasteiger charge is -2.13. The van der Waals surface area contributed by atoms with Crippen molar-refractivity contribution < 1.29 is 23.5 Å². The Morgan fingerprint density at radius 3 is 2.74 bits per heavy atom. The average molecular weight is 338 g/mol. The first-order chi connectivity index (χ1) is 11.0. The number of aldehydes is 1. The number of para-hydroxylation sites is 1. The third-order valence-electron chi connectivity index (χ3n) is 2.88. The van der Waals surface area contributed by atoms with E-state index >= 15 is 0 Å². The summed E-state index contributed by atoms with van der Waals surface area (Å²) in [6.45, 7) is -0.398. The highest BCUT2D eigenvalue weighted by Gasteiger charge is 2.14. The second kappa shape index (κ2) is 7.60. The summed E-state index contributed by atoms with van der Waals surface area (Å²) < 4.78 is 23.9. The SMILES string of the molecule is COc1cc(C=O)cc(Cl)c1OCC(=O)Nc1ccccc1F. The van der Waals surface area contributed by atoms with E-state index in [2.05, 4.69) is 5.32 Å². The summed E-state index contributed by atoms with van der Waals surface area (Å²) in [4.78, 5) is 22.6. The van der Waals surface area contributed by atoms with Crippen molar-refractivity contribution in [2.24, 2.45) is 0 Å². The molecule has 120 valence electrons. The van der Waals surface area contributed by atoms with E-state index in [1.165, 1.54) is 37.4 Å². The van der Waals surface area contributed by atoms with Gasteiger partial charge in [0.2, 0.25) is 0 Å². The third kappa shape index (κ3) is 4.20. The van der Waals surface area contributed by atoms with Gasteiger partial charge in [0.15, 0.2) is 18.1 Å². The predicted molar refractivity (Wildman–Crippen MR) is 83.9 cm³/mol. The molecule has 7 heteroatoms. The lowest BCUT2D eigenvalue weighted by atomic mass is 10.2. The molecule has 0 aliphatic rings. The van der Waals surface area contributed by atoms with E-state index in [4.69, 9.17) is 21.1 Å². The van der Waals surface area contributed by atoms with Gasteiger partial charge in [-0.25, -0.2) is 4.39 Å². The first-order valence-electron chi connectivity index (χ1n) is 6.55. The van der Waals surface area contributed by atoms with E-state index in [0.717, 1.165) is 0 Å². The fraction of sp³-hybridized carbons (Fsp3) is 0.125. The van der Waals surface area contributed by atoms with E-state index in [1.54, 1.807) is 6.07 Å². The van der Waals surface area contributed by atoms with Crippen LogP contribution < -0.4 is 14.8 Å². The van der Waals surface area contributed by atoms with Crippen LogP contribution in [0.5, 0.6) is 11.5 Å². The number of methoxy groups -OCH3 is 1. The molecule has 5 nitrogen and oxygen atoms in total. The Bertz CT molecular complexity index is 736. The zero-order valence-corrected chi connectivity index (χ0v) is 12.9. The Labute approximate surface area is 137 Å². The van der Waals surface area contributed by atoms with Crippen LogP contribution in [0.25, 0.3) is 0 Å². The van der Waals surface area contributed by atoms with Crippen LogP contribution in [-0.4, -0.2) is 25.9 Å². The molecular formula is C16H13ClFNO4. The fourth-order valence-electron chi connectivity index (χ4n) is 1.83. The highest BCUT2D eigenvalue weighted by Crippen LogP contribution is 2.36. The second-order valence-corrected chi connectivity index (χ2v) is 4.88. The van der Waals surface area contributed by atoms with Crippen molar-refractivity contribution in [2.75, 3.05) is 19.0 Å². The van der Waals surface area contributed by atoms with Crippen LogP contribution in [0.4, 0.5) is 10.1 Å². The molecule has 0 atom stereocenters. The topological polar surface area (TPSA) is 64.6 Å². The molecule has 0 saturated heterocycles. The molecule has 0 fully saturated rings. The number of amides is 1. The largest absolute Gasteiger partial charge is 0.493 e. The molecule has 2 rings (SSSR count). The molecule has 0 spiro atoms. The van der Waals surface area contributed by atoms with Crippen LogP contribution in [0.1, 0.15) is 10.4 Å². The van der Waals surface area contributed by atoms with Crippen LogP contribution in [-0.2, 0) is 4.79 Å². The molecule has 0 bridgehead atoms. The molecule has 1 N–H and O–H groups in total. The van der Waals surface area contributed by atoms with Gasteiger partial charge in [0.1, 0.15) is 12.1 Å². The maximum absolute atomic E-state index is 13.4. The minimum absolute atomic E-state index is 0.0514. The Morgan fingerprint density at radius 2 is 2.09 bits per heavy atom. The van der Waals surface area contributed by atoms with Gasteiger partial charge >= 0.3 is 0 Å². The molecule has 0 aliphatic heterocycles. The van der Waals surface area contributed by atoms with Crippen molar-refractivity contribution in [2.45, 2.75) is 0 Å². The normalized spacial score (nSPS) is 10.0. The number of hydrogen-bond acceptors (Lipinski definition) is 4. The first-order valence-corrected chi connectivity index (χ1v) is 6.93. The predicted octanol–water partition coefficient (Wildman–Crippen LogP) is 3.32. The monoisotopic (exact) mass is 337 g/mol. The van der Waals surface area contributed by atoms with Crippen molar-refractivity contribution in [3.63, 3.8) is 0 Å². The number of carbonyl (C=O) groups is 2. The highest BCUT2D eigenvalue weighted by molar-refractivity contribution is 6.32. The van der Waals surface area contributed by atoms with Crippen LogP contribution in [0.15, 0.2) is 36.4 Å². The van der Waals surface area contributed by atoms with Gasteiger partial charge in [-0.05, 0) is 24.3 Å². The van der Waals surface area contributed by atoms with Crippen molar-refractivity contribution in [1.29, 1.82) is 0 Å². The van der Waals surface area contributed by atoms with Crippen molar-refractivity contribution in [3.05, 3.63) is 52.8 Å². The molecule has 2 aromatic rings. The summed E-state index contributed by atoms with van der Waals surface area (Å²) in [5.74, 6) is -0.763. The molecule has 0 heterocycles. The quantitative estimate of drug-likeness (QED) is 0.821. The average Bonchev–Trinajstić information content (AvgIpc) is 2.55. The summed E-state index contributed by atoms with van der Waals surface area (Å²) in [7, 11) is 1.38. The molecule has 0 aromatic heterocycles. The van der Waals surface area contributed by atoms with E-state index in [9.17, 15) is 14.0 Å². The van der Waals surface area contributed by atoms with Gasteiger partial charge in [0, 0.05) is 5.56 Å². The smallest absolute Gasteiger partial charge is 0.262 e. The molecule has 23 heavy (non-hydrogen) atoms. The maximum Gasteiger partial charge on any atom is 0.262 e. The van der Waals surface area contributed by atoms with Gasteiger partial charge in [0.05, 0.1) is 17.8 Å². The van der Waals surface area contributed by atoms with Gasteiger partial charge < -0.3 is 14.8 Å². The fourth-order valence-corrected chi connectivity index (χ4v) is 2.11. The van der Waals surface area contributed by atoms with E-state index < -0.39 is 18.3 Å². The van der Waals surface area contributed by atoms with E-state index in [-0.39, 0.29) is 22.2 Å². The number of anilines is 1. The number of nitrogens with one attached hydrogen (secondary N) is 1. The zero-order chi connectivity index (χ0) is 16.8. The Balaban J connectivity index is 2.07. The van der Waals surface area contributed by atoms with E-state index in [1.807, 2.05) is 0 Å². The Kier molecular flexibility index (Phi) is 5.54. The van der Waals surface area contributed by atoms with Crippen LogP contribution >= 0.6 is 11.6 Å². The Morgan fingerprint density at radius 1 is 1.35 bits per heavy atom. The van der Waals surface area contributed by atoms with E-state index in [0.29, 0.717) is 11.8 Å². The van der Waals surface area contributed by atoms with Gasteiger partial charge in [-0.15, -0.1) is 0 Å². The van der Waals surface area contributed by atoms with Gasteiger partial charge in [0.25, 0.3) is 5.91 Å².